The van der Waals surface area contributed by atoms with E-state index < -0.39 is 40.2 Å². The number of halogens is 3. The van der Waals surface area contributed by atoms with Gasteiger partial charge in [0.1, 0.15) is 24.4 Å². The van der Waals surface area contributed by atoms with E-state index in [9.17, 15) is 0 Å². The van der Waals surface area contributed by atoms with Crippen molar-refractivity contribution in [2.45, 2.75) is 40.2 Å². The molecule has 0 N–H and O–H groups in total. The van der Waals surface area contributed by atoms with E-state index in [1.54, 1.807) is 0 Å². The maximum absolute atomic E-state index is 6.99. The number of benzene rings is 3. The fourth-order valence-corrected chi connectivity index (χ4v) is 5.60. The van der Waals surface area contributed by atoms with E-state index >= 15 is 0 Å². The van der Waals surface area contributed by atoms with Crippen molar-refractivity contribution < 1.29 is 28.4 Å². The Kier molecular flexibility index (Phi) is 6.53. The van der Waals surface area contributed by atoms with Crippen molar-refractivity contribution in [3.8, 4) is 0 Å². The number of alkyl halides is 3. The van der Waals surface area contributed by atoms with E-state index in [1.165, 1.54) is 0 Å². The third-order valence-electron chi connectivity index (χ3n) is 6.46. The SMILES string of the molecule is ClC1(c2ccccc2)OC[C@H]2OC(Cl)(c3ccccc3)O[C@H]3COC(Cl)(c4ccccc4)O[C@@H]2[C@H]3O1. The van der Waals surface area contributed by atoms with E-state index in [0.29, 0.717) is 16.7 Å². The van der Waals surface area contributed by atoms with E-state index in [1.807, 2.05) is 91.0 Å². The molecule has 7 atom stereocenters. The molecular weight excluding hydrogens is 527 g/mol. The van der Waals surface area contributed by atoms with Gasteiger partial charge in [0, 0.05) is 16.7 Å². The van der Waals surface area contributed by atoms with Crippen molar-refractivity contribution in [1.82, 2.24) is 0 Å². The van der Waals surface area contributed by atoms with Crippen LogP contribution in [0.15, 0.2) is 91.0 Å². The number of hydrogen-bond donors (Lipinski definition) is 0. The molecule has 3 aliphatic rings. The van der Waals surface area contributed by atoms with Gasteiger partial charge in [-0.15, -0.1) is 0 Å². The van der Waals surface area contributed by atoms with Gasteiger partial charge >= 0.3 is 0 Å². The molecule has 0 aliphatic carbocycles. The van der Waals surface area contributed by atoms with Gasteiger partial charge in [-0.2, -0.15) is 0 Å². The van der Waals surface area contributed by atoms with Crippen LogP contribution < -0.4 is 0 Å². The average molecular weight is 550 g/mol. The molecule has 0 amide bonds. The van der Waals surface area contributed by atoms with Gasteiger partial charge in [-0.05, 0) is 0 Å². The quantitative estimate of drug-likeness (QED) is 0.388. The second-order valence-corrected chi connectivity index (χ2v) is 10.3. The first kappa shape index (κ1) is 24.6. The second-order valence-electron chi connectivity index (χ2n) is 8.81. The minimum atomic E-state index is -1.64. The van der Waals surface area contributed by atoms with E-state index in [4.69, 9.17) is 63.2 Å². The van der Waals surface area contributed by atoms with Crippen LogP contribution in [-0.2, 0) is 44.2 Å². The van der Waals surface area contributed by atoms with Crippen molar-refractivity contribution in [3.05, 3.63) is 108 Å². The standard InChI is InChI=1S/C27H23Cl3O6/c28-25(18-10-4-1-5-11-18)31-16-21-24-23(35-25)22(34-27(30,33-21)20-14-8-3-9-15-20)17-32-26(29,36-24)19-12-6-2-7-13-19/h1-15,21-24H,16-17H2/t21-,22+,23-,24-,25?,26?,27?/m0/s1. The third kappa shape index (κ3) is 4.45. The Labute approximate surface area is 223 Å². The van der Waals surface area contributed by atoms with Gasteiger partial charge < -0.3 is 28.4 Å². The van der Waals surface area contributed by atoms with Gasteiger partial charge in [-0.25, -0.2) is 0 Å². The van der Waals surface area contributed by atoms with Crippen molar-refractivity contribution in [2.24, 2.45) is 0 Å². The van der Waals surface area contributed by atoms with E-state index in [0.717, 1.165) is 0 Å². The monoisotopic (exact) mass is 548 g/mol. The summed E-state index contributed by atoms with van der Waals surface area (Å²) in [5, 5.41) is -4.86. The van der Waals surface area contributed by atoms with Crippen LogP contribution in [0.1, 0.15) is 16.7 Å². The zero-order valence-corrected chi connectivity index (χ0v) is 21.2. The highest BCUT2D eigenvalue weighted by Crippen LogP contribution is 2.49. The minimum absolute atomic E-state index is 0.0152. The molecular formula is C27H23Cl3O6. The smallest absolute Gasteiger partial charge is 0.277 e. The summed E-state index contributed by atoms with van der Waals surface area (Å²) in [7, 11) is 0. The first-order valence-corrected chi connectivity index (χ1v) is 12.7. The number of ether oxygens (including phenoxy) is 6. The van der Waals surface area contributed by atoms with Gasteiger partial charge in [0.2, 0.25) is 0 Å². The Hall–Kier alpha value is -1.71. The van der Waals surface area contributed by atoms with Crippen molar-refractivity contribution >= 4 is 34.8 Å². The molecule has 6 nitrogen and oxygen atoms in total. The molecule has 6 rings (SSSR count). The molecule has 0 aromatic heterocycles. The number of rotatable bonds is 3. The van der Waals surface area contributed by atoms with Crippen LogP contribution in [0.25, 0.3) is 0 Å². The predicted octanol–water partition coefficient (Wildman–Crippen LogP) is 5.75. The molecule has 9 heteroatoms. The zero-order chi connectivity index (χ0) is 24.8. The second kappa shape index (κ2) is 9.55. The summed E-state index contributed by atoms with van der Waals surface area (Å²) in [6.07, 6.45) is -3.15. The Morgan fingerprint density at radius 2 is 0.806 bits per heavy atom. The summed E-state index contributed by atoms with van der Waals surface area (Å²) in [5.74, 6) is 0. The fourth-order valence-electron chi connectivity index (χ4n) is 4.67. The highest BCUT2D eigenvalue weighted by molar-refractivity contribution is 6.22. The van der Waals surface area contributed by atoms with Crippen LogP contribution >= 0.6 is 34.8 Å². The highest BCUT2D eigenvalue weighted by Gasteiger charge is 2.59. The van der Waals surface area contributed by atoms with Gasteiger partial charge in [-0.3, -0.25) is 0 Å². The molecule has 188 valence electrons. The summed E-state index contributed by atoms with van der Waals surface area (Å²) in [5.41, 5.74) is 1.86. The van der Waals surface area contributed by atoms with Crippen LogP contribution in [0, 0.1) is 0 Å². The molecule has 3 fully saturated rings. The topological polar surface area (TPSA) is 55.4 Å². The van der Waals surface area contributed by atoms with E-state index in [2.05, 4.69) is 0 Å². The molecule has 3 unspecified atom stereocenters. The molecule has 0 radical (unpaired) electrons. The van der Waals surface area contributed by atoms with Gasteiger partial charge in [0.05, 0.1) is 13.2 Å². The first-order valence-electron chi connectivity index (χ1n) is 11.6. The largest absolute Gasteiger partial charge is 0.331 e. The molecule has 36 heavy (non-hydrogen) atoms. The molecule has 0 saturated carbocycles. The Morgan fingerprint density at radius 1 is 0.472 bits per heavy atom. The lowest BCUT2D eigenvalue weighted by atomic mass is 10.0. The predicted molar refractivity (Wildman–Crippen MR) is 133 cm³/mol. The minimum Gasteiger partial charge on any atom is -0.331 e. The highest BCUT2D eigenvalue weighted by atomic mass is 35.5. The summed E-state index contributed by atoms with van der Waals surface area (Å²) < 4.78 is 38.0. The van der Waals surface area contributed by atoms with Crippen molar-refractivity contribution in [1.29, 1.82) is 0 Å². The maximum atomic E-state index is 6.99. The Morgan fingerprint density at radius 3 is 1.17 bits per heavy atom. The van der Waals surface area contributed by atoms with Crippen LogP contribution in [0.5, 0.6) is 0 Å². The lowest BCUT2D eigenvalue weighted by Crippen LogP contribution is -2.48. The Bertz CT molecular complexity index is 1110. The number of hydrogen-bond acceptors (Lipinski definition) is 6. The molecule has 4 bridgehead atoms. The van der Waals surface area contributed by atoms with Gasteiger partial charge in [-0.1, -0.05) is 126 Å². The molecule has 3 saturated heterocycles. The van der Waals surface area contributed by atoms with E-state index in [-0.39, 0.29) is 13.2 Å². The third-order valence-corrected chi connectivity index (χ3v) is 7.69. The Balaban J connectivity index is 1.43. The van der Waals surface area contributed by atoms with Crippen LogP contribution in [0.4, 0.5) is 0 Å². The van der Waals surface area contributed by atoms with Gasteiger partial charge in [0.25, 0.3) is 15.7 Å². The zero-order valence-electron chi connectivity index (χ0n) is 19.0. The van der Waals surface area contributed by atoms with Crippen LogP contribution in [0.2, 0.25) is 0 Å². The first-order chi connectivity index (χ1) is 17.4. The molecule has 3 aromatic rings. The lowest BCUT2D eigenvalue weighted by molar-refractivity contribution is -0.294. The summed E-state index contributed by atoms with van der Waals surface area (Å²) in [6, 6.07) is 27.7. The summed E-state index contributed by atoms with van der Waals surface area (Å²) in [4.78, 5) is 0. The lowest BCUT2D eigenvalue weighted by Gasteiger charge is -2.36. The van der Waals surface area contributed by atoms with Crippen molar-refractivity contribution in [3.63, 3.8) is 0 Å². The normalized spacial score (nSPS) is 38.4. The molecule has 0 spiro atoms. The summed E-state index contributed by atoms with van der Waals surface area (Å²) >= 11 is 20.9. The maximum Gasteiger partial charge on any atom is 0.277 e. The molecule has 3 aromatic carbocycles. The van der Waals surface area contributed by atoms with Gasteiger partial charge in [0.15, 0.2) is 0 Å². The molecule has 3 heterocycles. The summed E-state index contributed by atoms with van der Waals surface area (Å²) in [6.45, 7) is -0.0304. The van der Waals surface area contributed by atoms with Crippen LogP contribution in [0.3, 0.4) is 0 Å². The van der Waals surface area contributed by atoms with Crippen LogP contribution in [-0.4, -0.2) is 37.6 Å². The fraction of sp³-hybridized carbons (Fsp3) is 0.333. The average Bonchev–Trinajstić information content (AvgIpc) is 3.19. The molecule has 3 aliphatic heterocycles. The van der Waals surface area contributed by atoms with Crippen molar-refractivity contribution in [2.75, 3.05) is 13.2 Å².